The molecular formula is C16H20N2O3S. The van der Waals surface area contributed by atoms with Gasteiger partial charge in [0.05, 0.1) is 18.9 Å². The number of carbonyl (C=O) groups is 1. The van der Waals surface area contributed by atoms with Gasteiger partial charge in [-0.1, -0.05) is 13.8 Å². The molecule has 0 fully saturated rings. The lowest BCUT2D eigenvalue weighted by Gasteiger charge is -2.11. The van der Waals surface area contributed by atoms with Gasteiger partial charge in [0.25, 0.3) is 0 Å². The van der Waals surface area contributed by atoms with Crippen molar-refractivity contribution in [1.29, 1.82) is 0 Å². The first kappa shape index (κ1) is 16.3. The van der Waals surface area contributed by atoms with Gasteiger partial charge in [-0.15, -0.1) is 11.3 Å². The number of hydrogen-bond donors (Lipinski definition) is 1. The molecule has 0 saturated heterocycles. The Morgan fingerprint density at radius 3 is 2.82 bits per heavy atom. The fraction of sp³-hybridized carbons (Fsp3) is 0.375. The van der Waals surface area contributed by atoms with Gasteiger partial charge >= 0.3 is 5.97 Å². The normalized spacial score (nSPS) is 10.7. The Morgan fingerprint density at radius 1 is 1.41 bits per heavy atom. The van der Waals surface area contributed by atoms with Gasteiger partial charge in [-0.2, -0.15) is 0 Å². The zero-order valence-electron chi connectivity index (χ0n) is 13.0. The number of anilines is 1. The monoisotopic (exact) mass is 320 g/mol. The summed E-state index contributed by atoms with van der Waals surface area (Å²) in [5.41, 5.74) is 7.76. The lowest BCUT2D eigenvalue weighted by Crippen LogP contribution is -2.06. The first-order valence-electron chi connectivity index (χ1n) is 7.16. The molecule has 0 aliphatic carbocycles. The summed E-state index contributed by atoms with van der Waals surface area (Å²) in [5, 5.41) is 2.41. The van der Waals surface area contributed by atoms with E-state index in [-0.39, 0.29) is 0 Å². The third kappa shape index (κ3) is 3.98. The zero-order valence-corrected chi connectivity index (χ0v) is 13.8. The molecule has 22 heavy (non-hydrogen) atoms. The molecule has 1 aromatic heterocycles. The van der Waals surface area contributed by atoms with Gasteiger partial charge in [-0.25, -0.2) is 9.78 Å². The molecule has 2 aromatic rings. The number of benzene rings is 1. The van der Waals surface area contributed by atoms with Crippen molar-refractivity contribution in [3.05, 3.63) is 29.3 Å². The van der Waals surface area contributed by atoms with E-state index in [1.54, 1.807) is 12.3 Å². The number of aromatic nitrogens is 1. The van der Waals surface area contributed by atoms with Crippen LogP contribution in [-0.2, 0) is 4.74 Å². The van der Waals surface area contributed by atoms with Crippen molar-refractivity contribution in [2.75, 3.05) is 18.9 Å². The summed E-state index contributed by atoms with van der Waals surface area (Å²) in [6.07, 6.45) is 0. The minimum atomic E-state index is -0.408. The number of nitrogens with two attached hydrogens (primary N) is 1. The second-order valence-corrected chi connectivity index (χ2v) is 6.07. The van der Waals surface area contributed by atoms with E-state index in [1.165, 1.54) is 11.3 Å². The van der Waals surface area contributed by atoms with E-state index in [4.69, 9.17) is 15.2 Å². The predicted molar refractivity (Wildman–Crippen MR) is 88.3 cm³/mol. The van der Waals surface area contributed by atoms with Crippen molar-refractivity contribution in [1.82, 2.24) is 4.98 Å². The summed E-state index contributed by atoms with van der Waals surface area (Å²) < 4.78 is 10.6. The van der Waals surface area contributed by atoms with E-state index in [0.717, 1.165) is 10.6 Å². The van der Waals surface area contributed by atoms with Crippen molar-refractivity contribution in [2.45, 2.75) is 20.8 Å². The summed E-state index contributed by atoms with van der Waals surface area (Å²) in [4.78, 5) is 15.9. The van der Waals surface area contributed by atoms with Gasteiger partial charge in [0.2, 0.25) is 0 Å². The topological polar surface area (TPSA) is 74.4 Å². The summed E-state index contributed by atoms with van der Waals surface area (Å²) in [6, 6.07) is 5.53. The van der Waals surface area contributed by atoms with Crippen LogP contribution in [0.25, 0.3) is 10.6 Å². The number of thiazole rings is 1. The molecule has 0 radical (unpaired) electrons. The molecule has 2 N–H and O–H groups in total. The third-order valence-electron chi connectivity index (χ3n) is 2.82. The van der Waals surface area contributed by atoms with E-state index >= 15 is 0 Å². The fourth-order valence-electron chi connectivity index (χ4n) is 1.77. The molecule has 118 valence electrons. The average Bonchev–Trinajstić information content (AvgIpc) is 2.96. The Balaban J connectivity index is 2.16. The minimum absolute atomic E-state index is 0.320. The average molecular weight is 320 g/mol. The van der Waals surface area contributed by atoms with E-state index in [1.807, 2.05) is 18.2 Å². The maximum Gasteiger partial charge on any atom is 0.357 e. The number of esters is 1. The first-order valence-corrected chi connectivity index (χ1v) is 8.04. The summed E-state index contributed by atoms with van der Waals surface area (Å²) >= 11 is 1.38. The van der Waals surface area contributed by atoms with Crippen molar-refractivity contribution in [3.8, 4) is 16.3 Å². The maximum absolute atomic E-state index is 11.6. The lowest BCUT2D eigenvalue weighted by molar-refractivity contribution is 0.0520. The Bertz CT molecular complexity index is 653. The molecule has 0 amide bonds. The molecule has 1 aromatic carbocycles. The van der Waals surface area contributed by atoms with Gasteiger partial charge in [0, 0.05) is 10.9 Å². The van der Waals surface area contributed by atoms with Crippen LogP contribution in [0, 0.1) is 5.92 Å². The summed E-state index contributed by atoms with van der Waals surface area (Å²) in [6.45, 7) is 6.88. The van der Waals surface area contributed by atoms with Crippen LogP contribution < -0.4 is 10.5 Å². The summed E-state index contributed by atoms with van der Waals surface area (Å²) in [5.74, 6) is 0.694. The smallest absolute Gasteiger partial charge is 0.357 e. The highest BCUT2D eigenvalue weighted by molar-refractivity contribution is 7.13. The Morgan fingerprint density at radius 2 is 2.18 bits per heavy atom. The van der Waals surface area contributed by atoms with E-state index < -0.39 is 5.97 Å². The van der Waals surface area contributed by atoms with Crippen LogP contribution in [0.4, 0.5) is 5.69 Å². The molecule has 0 aliphatic rings. The van der Waals surface area contributed by atoms with Gasteiger partial charge in [-0.3, -0.25) is 0 Å². The lowest BCUT2D eigenvalue weighted by atomic mass is 10.2. The van der Waals surface area contributed by atoms with Crippen LogP contribution in [0.2, 0.25) is 0 Å². The van der Waals surface area contributed by atoms with Crippen molar-refractivity contribution >= 4 is 23.0 Å². The second-order valence-electron chi connectivity index (χ2n) is 5.22. The zero-order chi connectivity index (χ0) is 16.1. The van der Waals surface area contributed by atoms with Crippen LogP contribution in [0.1, 0.15) is 31.3 Å². The van der Waals surface area contributed by atoms with Crippen LogP contribution >= 0.6 is 11.3 Å². The van der Waals surface area contributed by atoms with Gasteiger partial charge in [0.1, 0.15) is 10.8 Å². The Hall–Kier alpha value is -2.08. The highest BCUT2D eigenvalue weighted by atomic mass is 32.1. The molecule has 0 unspecified atom stereocenters. The van der Waals surface area contributed by atoms with Crippen molar-refractivity contribution in [2.24, 2.45) is 5.92 Å². The molecule has 0 saturated carbocycles. The second kappa shape index (κ2) is 7.26. The Kier molecular flexibility index (Phi) is 5.38. The number of ether oxygens (including phenoxy) is 2. The van der Waals surface area contributed by atoms with Crippen LogP contribution in [0.15, 0.2) is 23.6 Å². The standard InChI is InChI=1S/C16H20N2O3S/c1-4-20-16(19)13-9-22-15(18-13)11-5-6-14(12(17)7-11)21-8-10(2)3/h5-7,9-10H,4,8,17H2,1-3H3. The molecular weight excluding hydrogens is 300 g/mol. The number of nitrogens with zero attached hydrogens (tertiary/aromatic N) is 1. The molecule has 5 nitrogen and oxygen atoms in total. The largest absolute Gasteiger partial charge is 0.491 e. The van der Waals surface area contributed by atoms with E-state index in [0.29, 0.717) is 36.3 Å². The predicted octanol–water partition coefficient (Wildman–Crippen LogP) is 3.60. The highest BCUT2D eigenvalue weighted by Crippen LogP contribution is 2.30. The summed E-state index contributed by atoms with van der Waals surface area (Å²) in [7, 11) is 0. The van der Waals surface area contributed by atoms with Crippen LogP contribution in [-0.4, -0.2) is 24.2 Å². The van der Waals surface area contributed by atoms with Crippen molar-refractivity contribution < 1.29 is 14.3 Å². The molecule has 2 rings (SSSR count). The quantitative estimate of drug-likeness (QED) is 0.650. The highest BCUT2D eigenvalue weighted by Gasteiger charge is 2.13. The van der Waals surface area contributed by atoms with Gasteiger partial charge in [-0.05, 0) is 31.0 Å². The molecule has 0 aliphatic heterocycles. The Labute approximate surface area is 134 Å². The molecule has 0 bridgehead atoms. The van der Waals surface area contributed by atoms with Gasteiger partial charge < -0.3 is 15.2 Å². The molecule has 0 atom stereocenters. The first-order chi connectivity index (χ1) is 10.5. The number of hydrogen-bond acceptors (Lipinski definition) is 6. The minimum Gasteiger partial charge on any atom is -0.491 e. The number of nitrogen functional groups attached to an aromatic ring is 1. The molecule has 6 heteroatoms. The van der Waals surface area contributed by atoms with E-state index in [2.05, 4.69) is 18.8 Å². The third-order valence-corrected chi connectivity index (χ3v) is 3.71. The van der Waals surface area contributed by atoms with Crippen LogP contribution in [0.5, 0.6) is 5.75 Å². The van der Waals surface area contributed by atoms with Crippen molar-refractivity contribution in [3.63, 3.8) is 0 Å². The maximum atomic E-state index is 11.6. The van der Waals surface area contributed by atoms with Crippen LogP contribution in [0.3, 0.4) is 0 Å². The molecule has 1 heterocycles. The van der Waals surface area contributed by atoms with E-state index in [9.17, 15) is 4.79 Å². The van der Waals surface area contributed by atoms with Gasteiger partial charge in [0.15, 0.2) is 5.69 Å². The number of carbonyl (C=O) groups excluding carboxylic acids is 1. The SMILES string of the molecule is CCOC(=O)c1csc(-c2ccc(OCC(C)C)c(N)c2)n1. The fourth-order valence-corrected chi connectivity index (χ4v) is 2.56. The number of rotatable bonds is 6. The molecule has 0 spiro atoms.